The SMILES string of the molecule is CNC(=O)c1n[nH]c2cc(C3SC(C(N)=O)=C(C)N3Cc3cc(OC(F)(F)F)ccc3F)ccc12. The van der Waals surface area contributed by atoms with Crippen LogP contribution < -0.4 is 15.8 Å². The van der Waals surface area contributed by atoms with Gasteiger partial charge in [0.15, 0.2) is 5.69 Å². The number of rotatable bonds is 6. The third-order valence-electron chi connectivity index (χ3n) is 5.40. The average molecular weight is 509 g/mol. The molecule has 4 rings (SSSR count). The van der Waals surface area contributed by atoms with Crippen LogP contribution in [0.4, 0.5) is 17.6 Å². The van der Waals surface area contributed by atoms with Crippen molar-refractivity contribution in [3.8, 4) is 5.75 Å². The van der Waals surface area contributed by atoms with Gasteiger partial charge in [-0.3, -0.25) is 14.7 Å². The van der Waals surface area contributed by atoms with Gasteiger partial charge >= 0.3 is 6.36 Å². The molecule has 2 aromatic carbocycles. The fraction of sp³-hybridized carbons (Fsp3) is 0.227. The highest BCUT2D eigenvalue weighted by molar-refractivity contribution is 8.04. The van der Waals surface area contributed by atoms with Gasteiger partial charge in [0.2, 0.25) is 0 Å². The summed E-state index contributed by atoms with van der Waals surface area (Å²) in [5, 5.41) is 9.34. The molecule has 4 N–H and O–H groups in total. The van der Waals surface area contributed by atoms with Crippen LogP contribution in [0.5, 0.6) is 5.75 Å². The van der Waals surface area contributed by atoms with Gasteiger partial charge in [0.25, 0.3) is 11.8 Å². The van der Waals surface area contributed by atoms with Crippen molar-refractivity contribution in [1.29, 1.82) is 0 Å². The van der Waals surface area contributed by atoms with E-state index >= 15 is 0 Å². The second kappa shape index (κ2) is 9.13. The second-order valence-electron chi connectivity index (χ2n) is 7.63. The van der Waals surface area contributed by atoms with E-state index in [9.17, 15) is 27.2 Å². The number of alkyl halides is 3. The number of amides is 2. The highest BCUT2D eigenvalue weighted by Crippen LogP contribution is 2.48. The maximum absolute atomic E-state index is 14.6. The van der Waals surface area contributed by atoms with Crippen LogP contribution >= 0.6 is 11.8 Å². The Balaban J connectivity index is 1.71. The van der Waals surface area contributed by atoms with Gasteiger partial charge in [0, 0.05) is 30.2 Å². The number of hydrogen-bond donors (Lipinski definition) is 3. The van der Waals surface area contributed by atoms with Crippen molar-refractivity contribution >= 4 is 34.5 Å². The number of aromatic nitrogens is 2. The summed E-state index contributed by atoms with van der Waals surface area (Å²) in [7, 11) is 1.48. The van der Waals surface area contributed by atoms with Crippen LogP contribution in [0.2, 0.25) is 0 Å². The predicted molar refractivity (Wildman–Crippen MR) is 120 cm³/mol. The zero-order valence-electron chi connectivity index (χ0n) is 18.4. The molecule has 35 heavy (non-hydrogen) atoms. The summed E-state index contributed by atoms with van der Waals surface area (Å²) in [4.78, 5) is 25.9. The Morgan fingerprint density at radius 3 is 2.66 bits per heavy atom. The zero-order chi connectivity index (χ0) is 25.5. The number of aromatic amines is 1. The summed E-state index contributed by atoms with van der Waals surface area (Å²) in [6.45, 7) is 1.46. The van der Waals surface area contributed by atoms with Crippen molar-refractivity contribution in [2.24, 2.45) is 5.73 Å². The first-order chi connectivity index (χ1) is 16.5. The molecule has 13 heteroatoms. The van der Waals surface area contributed by atoms with Crippen molar-refractivity contribution in [3.63, 3.8) is 0 Å². The minimum absolute atomic E-state index is 0.0630. The lowest BCUT2D eigenvalue weighted by atomic mass is 10.1. The lowest BCUT2D eigenvalue weighted by Gasteiger charge is -2.28. The number of fused-ring (bicyclic) bond motifs is 1. The lowest BCUT2D eigenvalue weighted by Crippen LogP contribution is -2.23. The van der Waals surface area contributed by atoms with E-state index in [1.165, 1.54) is 7.05 Å². The molecule has 8 nitrogen and oxygen atoms in total. The molecule has 0 saturated carbocycles. The number of H-pyrrole nitrogens is 1. The number of primary amides is 1. The zero-order valence-corrected chi connectivity index (χ0v) is 19.2. The molecule has 3 aromatic rings. The monoisotopic (exact) mass is 509 g/mol. The van der Waals surface area contributed by atoms with Gasteiger partial charge in [0.1, 0.15) is 16.9 Å². The van der Waals surface area contributed by atoms with Crippen LogP contribution in [-0.2, 0) is 11.3 Å². The molecular formula is C22H19F4N5O3S. The fourth-order valence-corrected chi connectivity index (χ4v) is 5.06. The molecule has 0 bridgehead atoms. The molecule has 1 aliphatic heterocycles. The number of ether oxygens (including phenoxy) is 1. The smallest absolute Gasteiger partial charge is 0.406 e. The van der Waals surface area contributed by atoms with Crippen LogP contribution in [-0.4, -0.2) is 40.3 Å². The predicted octanol–water partition coefficient (Wildman–Crippen LogP) is 3.92. The largest absolute Gasteiger partial charge is 0.573 e. The highest BCUT2D eigenvalue weighted by atomic mass is 32.2. The molecule has 0 saturated heterocycles. The number of benzene rings is 2. The number of nitrogens with zero attached hydrogens (tertiary/aromatic N) is 2. The van der Waals surface area contributed by atoms with Crippen molar-refractivity contribution in [2.45, 2.75) is 25.2 Å². The summed E-state index contributed by atoms with van der Waals surface area (Å²) in [6, 6.07) is 7.89. The van der Waals surface area contributed by atoms with Crippen molar-refractivity contribution in [3.05, 3.63) is 69.6 Å². The summed E-state index contributed by atoms with van der Waals surface area (Å²) in [5.74, 6) is -2.34. The quantitative estimate of drug-likeness (QED) is 0.434. The van der Waals surface area contributed by atoms with Gasteiger partial charge in [-0.2, -0.15) is 5.10 Å². The van der Waals surface area contributed by atoms with Crippen LogP contribution in [0.3, 0.4) is 0 Å². The summed E-state index contributed by atoms with van der Waals surface area (Å²) < 4.78 is 56.4. The Bertz CT molecular complexity index is 1350. The topological polar surface area (TPSA) is 113 Å². The third-order valence-corrected chi connectivity index (χ3v) is 6.88. The van der Waals surface area contributed by atoms with Gasteiger partial charge in [-0.05, 0) is 42.8 Å². The first kappa shape index (κ1) is 24.4. The minimum atomic E-state index is -4.93. The molecule has 1 unspecified atom stereocenters. The summed E-state index contributed by atoms with van der Waals surface area (Å²) >= 11 is 1.14. The van der Waals surface area contributed by atoms with Crippen molar-refractivity contribution in [1.82, 2.24) is 20.4 Å². The number of nitrogens with one attached hydrogen (secondary N) is 2. The fourth-order valence-electron chi connectivity index (χ4n) is 3.79. The van der Waals surface area contributed by atoms with Crippen molar-refractivity contribution < 1.29 is 31.9 Å². The van der Waals surface area contributed by atoms with E-state index in [2.05, 4.69) is 20.3 Å². The van der Waals surface area contributed by atoms with Crippen molar-refractivity contribution in [2.75, 3.05) is 7.05 Å². The molecule has 2 heterocycles. The molecule has 0 aliphatic carbocycles. The number of carbonyl (C=O) groups excluding carboxylic acids is 2. The van der Waals surface area contributed by atoms with E-state index in [0.29, 0.717) is 22.2 Å². The number of allylic oxidation sites excluding steroid dienone is 1. The number of thioether (sulfide) groups is 1. The highest BCUT2D eigenvalue weighted by Gasteiger charge is 2.35. The molecule has 2 amide bonds. The lowest BCUT2D eigenvalue weighted by molar-refractivity contribution is -0.274. The Morgan fingerprint density at radius 1 is 1.26 bits per heavy atom. The summed E-state index contributed by atoms with van der Waals surface area (Å²) in [5.41, 5.74) is 7.35. The number of nitrogens with two attached hydrogens (primary N) is 1. The van der Waals surface area contributed by atoms with Gasteiger partial charge in [0.05, 0.1) is 10.4 Å². The van der Waals surface area contributed by atoms with Gasteiger partial charge < -0.3 is 20.7 Å². The van der Waals surface area contributed by atoms with Crippen LogP contribution in [0.1, 0.15) is 33.9 Å². The molecule has 1 atom stereocenters. The molecular weight excluding hydrogens is 490 g/mol. The number of halogens is 4. The molecule has 184 valence electrons. The average Bonchev–Trinajstić information content (AvgIpc) is 3.35. The number of carbonyl (C=O) groups is 2. The van der Waals surface area contributed by atoms with E-state index in [1.807, 2.05) is 0 Å². The first-order valence-electron chi connectivity index (χ1n) is 10.2. The first-order valence-corrected chi connectivity index (χ1v) is 11.0. The van der Waals surface area contributed by atoms with E-state index in [4.69, 9.17) is 5.73 Å². The maximum Gasteiger partial charge on any atom is 0.573 e. The molecule has 0 fully saturated rings. The Morgan fingerprint density at radius 2 is 2.00 bits per heavy atom. The Kier molecular flexibility index (Phi) is 6.36. The van der Waals surface area contributed by atoms with Gasteiger partial charge in [-0.25, -0.2) is 4.39 Å². The van der Waals surface area contributed by atoms with E-state index < -0.39 is 29.2 Å². The van der Waals surface area contributed by atoms with Gasteiger partial charge in [-0.15, -0.1) is 13.2 Å². The van der Waals surface area contributed by atoms with E-state index in [0.717, 1.165) is 30.0 Å². The molecule has 0 radical (unpaired) electrons. The molecule has 0 spiro atoms. The molecule has 1 aliphatic rings. The third kappa shape index (κ3) is 4.90. The van der Waals surface area contributed by atoms with E-state index in [1.54, 1.807) is 30.0 Å². The standard InChI is InChI=1S/C22H19F4N5O3S/c1-10-18(19(27)32)35-21(11-3-5-14-16(8-11)29-30-17(14)20(33)28-2)31(10)9-12-7-13(4-6-15(12)23)34-22(24,25)26/h3-8,21H,9H2,1-2H3,(H2,27,32)(H,28,33)(H,29,30). The normalized spacial score (nSPS) is 16.2. The van der Waals surface area contributed by atoms with Crippen LogP contribution in [0, 0.1) is 5.82 Å². The maximum atomic E-state index is 14.6. The molecule has 1 aromatic heterocycles. The Labute approximate surface area is 200 Å². The number of hydrogen-bond acceptors (Lipinski definition) is 6. The minimum Gasteiger partial charge on any atom is -0.406 e. The van der Waals surface area contributed by atoms with E-state index in [-0.39, 0.29) is 28.6 Å². The Hall–Kier alpha value is -3.74. The second-order valence-corrected chi connectivity index (χ2v) is 8.72. The van der Waals surface area contributed by atoms with Crippen LogP contribution in [0.25, 0.3) is 10.9 Å². The van der Waals surface area contributed by atoms with Crippen LogP contribution in [0.15, 0.2) is 47.0 Å². The van der Waals surface area contributed by atoms with Gasteiger partial charge in [-0.1, -0.05) is 17.8 Å². The summed E-state index contributed by atoms with van der Waals surface area (Å²) in [6.07, 6.45) is -4.93.